The highest BCUT2D eigenvalue weighted by Crippen LogP contribution is 2.21. The van der Waals surface area contributed by atoms with Gasteiger partial charge in [-0.05, 0) is 20.3 Å². The first-order valence-corrected chi connectivity index (χ1v) is 6.26. The first-order valence-electron chi connectivity index (χ1n) is 6.26. The van der Waals surface area contributed by atoms with Crippen LogP contribution in [0.15, 0.2) is 0 Å². The van der Waals surface area contributed by atoms with Gasteiger partial charge in [0, 0.05) is 10.8 Å². The maximum atomic E-state index is 11.7. The lowest BCUT2D eigenvalue weighted by molar-refractivity contribution is -0.489. The minimum absolute atomic E-state index is 0.0137. The van der Waals surface area contributed by atoms with E-state index >= 15 is 0 Å². The molecule has 1 atom stereocenters. The van der Waals surface area contributed by atoms with E-state index in [-0.39, 0.29) is 13.0 Å². The quantitative estimate of drug-likeness (QED) is 0.207. The summed E-state index contributed by atoms with van der Waals surface area (Å²) in [5.74, 6) is -5.59. The van der Waals surface area contributed by atoms with Gasteiger partial charge < -0.3 is 19.3 Å². The minimum atomic E-state index is -1.41. The van der Waals surface area contributed by atoms with Gasteiger partial charge in [-0.3, -0.25) is 19.7 Å². The topological polar surface area (TPSA) is 125 Å². The van der Waals surface area contributed by atoms with Crippen LogP contribution in [-0.4, -0.2) is 55.1 Å². The number of methoxy groups -OCH3 is 2. The standard InChI is InChI=1S/C12H21NO8/c1-12(2,16)21-6-5-8(7-13(17)18)9(10(14)19-3)11(15)20-4/h8-9,16H,5-7H2,1-4H3. The summed E-state index contributed by atoms with van der Waals surface area (Å²) in [4.78, 5) is 33.4. The fourth-order valence-corrected chi connectivity index (χ4v) is 1.75. The Labute approximate surface area is 122 Å². The van der Waals surface area contributed by atoms with Crippen molar-refractivity contribution in [1.29, 1.82) is 0 Å². The van der Waals surface area contributed by atoms with Crippen LogP contribution < -0.4 is 0 Å². The summed E-state index contributed by atoms with van der Waals surface area (Å²) in [5.41, 5.74) is 0. The number of ether oxygens (including phenoxy) is 3. The molecular weight excluding hydrogens is 286 g/mol. The van der Waals surface area contributed by atoms with Gasteiger partial charge in [0.05, 0.1) is 20.8 Å². The van der Waals surface area contributed by atoms with Crippen LogP contribution in [0.25, 0.3) is 0 Å². The monoisotopic (exact) mass is 307 g/mol. The van der Waals surface area contributed by atoms with Crippen LogP contribution in [0.4, 0.5) is 0 Å². The van der Waals surface area contributed by atoms with Crippen molar-refractivity contribution < 1.29 is 33.8 Å². The number of hydrogen-bond acceptors (Lipinski definition) is 8. The van der Waals surface area contributed by atoms with E-state index in [1.54, 1.807) is 0 Å². The summed E-state index contributed by atoms with van der Waals surface area (Å²) >= 11 is 0. The van der Waals surface area contributed by atoms with Crippen LogP contribution in [0.3, 0.4) is 0 Å². The van der Waals surface area contributed by atoms with E-state index in [9.17, 15) is 24.8 Å². The number of esters is 2. The Morgan fingerprint density at radius 1 is 1.24 bits per heavy atom. The number of carbonyl (C=O) groups excluding carboxylic acids is 2. The molecule has 21 heavy (non-hydrogen) atoms. The van der Waals surface area contributed by atoms with Crippen molar-refractivity contribution in [3.05, 3.63) is 10.1 Å². The van der Waals surface area contributed by atoms with Crippen LogP contribution in [-0.2, 0) is 23.8 Å². The number of carbonyl (C=O) groups is 2. The molecule has 0 spiro atoms. The summed E-state index contributed by atoms with van der Waals surface area (Å²) in [5, 5.41) is 20.1. The molecule has 0 aliphatic heterocycles. The number of hydrogen-bond donors (Lipinski definition) is 1. The van der Waals surface area contributed by atoms with Gasteiger partial charge in [-0.2, -0.15) is 0 Å². The average molecular weight is 307 g/mol. The highest BCUT2D eigenvalue weighted by molar-refractivity contribution is 5.95. The van der Waals surface area contributed by atoms with Gasteiger partial charge in [0.2, 0.25) is 6.54 Å². The molecule has 0 aromatic heterocycles. The van der Waals surface area contributed by atoms with Crippen molar-refractivity contribution >= 4 is 11.9 Å². The minimum Gasteiger partial charge on any atom is -0.468 e. The van der Waals surface area contributed by atoms with Gasteiger partial charge in [-0.15, -0.1) is 0 Å². The fraction of sp³-hybridized carbons (Fsp3) is 0.833. The van der Waals surface area contributed by atoms with E-state index in [1.807, 2.05) is 0 Å². The van der Waals surface area contributed by atoms with Gasteiger partial charge in [0.25, 0.3) is 0 Å². The molecule has 0 amide bonds. The maximum absolute atomic E-state index is 11.7. The summed E-state index contributed by atoms with van der Waals surface area (Å²) in [7, 11) is 2.16. The Morgan fingerprint density at radius 2 is 1.71 bits per heavy atom. The molecule has 122 valence electrons. The third-order valence-electron chi connectivity index (χ3n) is 2.71. The van der Waals surface area contributed by atoms with Crippen LogP contribution in [0.2, 0.25) is 0 Å². The van der Waals surface area contributed by atoms with E-state index < -0.39 is 41.0 Å². The summed E-state index contributed by atoms with van der Waals surface area (Å²) in [6, 6.07) is 0. The van der Waals surface area contributed by atoms with Crippen molar-refractivity contribution in [3.63, 3.8) is 0 Å². The highest BCUT2D eigenvalue weighted by Gasteiger charge is 2.39. The first-order chi connectivity index (χ1) is 9.62. The zero-order chi connectivity index (χ0) is 16.6. The Morgan fingerprint density at radius 3 is 2.05 bits per heavy atom. The van der Waals surface area contributed by atoms with Crippen molar-refractivity contribution in [1.82, 2.24) is 0 Å². The zero-order valence-electron chi connectivity index (χ0n) is 12.5. The molecule has 0 aliphatic carbocycles. The molecule has 0 saturated carbocycles. The number of nitrogens with zero attached hydrogens (tertiary/aromatic N) is 1. The van der Waals surface area contributed by atoms with E-state index in [4.69, 9.17) is 4.74 Å². The smallest absolute Gasteiger partial charge is 0.320 e. The average Bonchev–Trinajstić information content (AvgIpc) is 2.35. The Balaban J connectivity index is 5.00. The normalized spacial score (nSPS) is 12.9. The van der Waals surface area contributed by atoms with E-state index in [1.165, 1.54) is 13.8 Å². The molecule has 0 aromatic carbocycles. The maximum Gasteiger partial charge on any atom is 0.320 e. The largest absolute Gasteiger partial charge is 0.468 e. The Bertz CT molecular complexity index is 360. The van der Waals surface area contributed by atoms with Crippen molar-refractivity contribution in [2.75, 3.05) is 27.4 Å². The molecule has 0 saturated heterocycles. The molecule has 0 rings (SSSR count). The lowest BCUT2D eigenvalue weighted by Gasteiger charge is -2.23. The second-order valence-corrected chi connectivity index (χ2v) is 4.88. The number of rotatable bonds is 9. The first kappa shape index (κ1) is 19.3. The molecule has 0 fully saturated rings. The van der Waals surface area contributed by atoms with Crippen molar-refractivity contribution in [2.24, 2.45) is 11.8 Å². The van der Waals surface area contributed by atoms with E-state index in [0.29, 0.717) is 0 Å². The van der Waals surface area contributed by atoms with Gasteiger partial charge in [-0.25, -0.2) is 0 Å². The number of nitro groups is 1. The lowest BCUT2D eigenvalue weighted by Crippen LogP contribution is -2.38. The van der Waals surface area contributed by atoms with Crippen LogP contribution >= 0.6 is 0 Å². The zero-order valence-corrected chi connectivity index (χ0v) is 12.5. The third kappa shape index (κ3) is 7.57. The molecule has 9 nitrogen and oxygen atoms in total. The SMILES string of the molecule is COC(=O)C(C(=O)OC)C(CCOC(C)(C)O)C[N+](=O)[O-]. The molecule has 0 heterocycles. The Hall–Kier alpha value is -1.74. The van der Waals surface area contributed by atoms with Gasteiger partial charge in [0.1, 0.15) is 0 Å². The van der Waals surface area contributed by atoms with Crippen LogP contribution in [0.5, 0.6) is 0 Å². The molecule has 0 radical (unpaired) electrons. The number of aliphatic hydroxyl groups is 1. The molecular formula is C12H21NO8. The second-order valence-electron chi connectivity index (χ2n) is 4.88. The van der Waals surface area contributed by atoms with Crippen molar-refractivity contribution in [2.45, 2.75) is 26.1 Å². The summed E-state index contributed by atoms with van der Waals surface area (Å²) in [6.07, 6.45) is 0.0137. The van der Waals surface area contributed by atoms with Crippen LogP contribution in [0, 0.1) is 22.0 Å². The highest BCUT2D eigenvalue weighted by atomic mass is 16.6. The van der Waals surface area contributed by atoms with Crippen molar-refractivity contribution in [3.8, 4) is 0 Å². The van der Waals surface area contributed by atoms with Gasteiger partial charge >= 0.3 is 11.9 Å². The van der Waals surface area contributed by atoms with E-state index in [2.05, 4.69) is 9.47 Å². The van der Waals surface area contributed by atoms with Crippen LogP contribution in [0.1, 0.15) is 20.3 Å². The summed E-state index contributed by atoms with van der Waals surface area (Å²) in [6.45, 7) is 2.11. The fourth-order valence-electron chi connectivity index (χ4n) is 1.75. The molecule has 0 aromatic rings. The Kier molecular flexibility index (Phi) is 7.82. The molecule has 1 unspecified atom stereocenters. The molecule has 1 N–H and O–H groups in total. The van der Waals surface area contributed by atoms with Gasteiger partial charge in [-0.1, -0.05) is 0 Å². The molecule has 0 bridgehead atoms. The van der Waals surface area contributed by atoms with E-state index in [0.717, 1.165) is 14.2 Å². The summed E-state index contributed by atoms with van der Waals surface area (Å²) < 4.78 is 14.0. The lowest BCUT2D eigenvalue weighted by atomic mass is 9.89. The predicted octanol–water partition coefficient (Wildman–Crippen LogP) is -0.0234. The molecule has 9 heteroatoms. The van der Waals surface area contributed by atoms with Gasteiger partial charge in [0.15, 0.2) is 11.7 Å². The second kappa shape index (κ2) is 8.53. The molecule has 0 aliphatic rings. The third-order valence-corrected chi connectivity index (χ3v) is 2.71. The predicted molar refractivity (Wildman–Crippen MR) is 69.7 cm³/mol.